The first-order chi connectivity index (χ1) is 4.73. The van der Waals surface area contributed by atoms with Gasteiger partial charge in [-0.05, 0) is 40.0 Å². The Balaban J connectivity index is 2.65. The van der Waals surface area contributed by atoms with Crippen LogP contribution in [0.3, 0.4) is 0 Å². The first-order valence-corrected chi connectivity index (χ1v) is 3.88. The summed E-state index contributed by atoms with van der Waals surface area (Å²) in [7, 11) is 2.00. The summed E-state index contributed by atoms with van der Waals surface area (Å²) in [5.74, 6) is 0. The van der Waals surface area contributed by atoms with E-state index in [0.717, 1.165) is 0 Å². The van der Waals surface area contributed by atoms with E-state index >= 15 is 0 Å². The van der Waals surface area contributed by atoms with Gasteiger partial charge in [-0.3, -0.25) is 4.99 Å². The second-order valence-corrected chi connectivity index (χ2v) is 3.25. The van der Waals surface area contributed by atoms with Gasteiger partial charge < -0.3 is 5.32 Å². The topological polar surface area (TPSA) is 24.4 Å². The van der Waals surface area contributed by atoms with Crippen molar-refractivity contribution in [2.24, 2.45) is 4.99 Å². The average molecular weight is 140 g/mol. The number of likely N-dealkylation sites (N-methyl/N-ethyl adjacent to an activating group) is 1. The number of hydrogen-bond donors (Lipinski definition) is 1. The third-order valence-electron chi connectivity index (χ3n) is 2.64. The molecule has 0 radical (unpaired) electrons. The average Bonchev–Trinajstić information content (AvgIpc) is 2.32. The molecule has 2 unspecified atom stereocenters. The largest absolute Gasteiger partial charge is 0.315 e. The number of nitrogens with zero attached hydrogens (tertiary/aromatic N) is 1. The van der Waals surface area contributed by atoms with Crippen LogP contribution in [0.1, 0.15) is 26.2 Å². The van der Waals surface area contributed by atoms with E-state index in [4.69, 9.17) is 0 Å². The van der Waals surface area contributed by atoms with E-state index in [-0.39, 0.29) is 5.54 Å². The fourth-order valence-electron chi connectivity index (χ4n) is 1.79. The van der Waals surface area contributed by atoms with Crippen molar-refractivity contribution in [2.45, 2.75) is 37.8 Å². The molecule has 1 fully saturated rings. The second-order valence-electron chi connectivity index (χ2n) is 3.25. The summed E-state index contributed by atoms with van der Waals surface area (Å²) < 4.78 is 0. The van der Waals surface area contributed by atoms with E-state index in [1.165, 1.54) is 19.3 Å². The molecule has 1 N–H and O–H groups in total. The molecule has 1 saturated carbocycles. The van der Waals surface area contributed by atoms with Gasteiger partial charge in [0.15, 0.2) is 0 Å². The Kier molecular flexibility index (Phi) is 2.09. The molecular weight excluding hydrogens is 124 g/mol. The zero-order chi connectivity index (χ0) is 7.61. The monoisotopic (exact) mass is 140 g/mol. The Labute approximate surface area is 62.7 Å². The first-order valence-electron chi connectivity index (χ1n) is 3.88. The minimum absolute atomic E-state index is 0.106. The van der Waals surface area contributed by atoms with Crippen molar-refractivity contribution < 1.29 is 0 Å². The van der Waals surface area contributed by atoms with Gasteiger partial charge in [0.25, 0.3) is 0 Å². The molecule has 1 aliphatic rings. The van der Waals surface area contributed by atoms with Crippen LogP contribution in [0.15, 0.2) is 4.99 Å². The molecule has 2 heteroatoms. The van der Waals surface area contributed by atoms with Crippen molar-refractivity contribution in [3.63, 3.8) is 0 Å². The van der Waals surface area contributed by atoms with E-state index in [1.807, 2.05) is 7.05 Å². The van der Waals surface area contributed by atoms with Crippen LogP contribution in [0.25, 0.3) is 0 Å². The molecular formula is C8H16N2. The molecule has 0 amide bonds. The summed E-state index contributed by atoms with van der Waals surface area (Å²) >= 11 is 0. The zero-order valence-corrected chi connectivity index (χ0v) is 6.85. The predicted molar refractivity (Wildman–Crippen MR) is 44.7 cm³/mol. The normalized spacial score (nSPS) is 40.0. The molecule has 0 aromatic heterocycles. The molecule has 0 heterocycles. The highest BCUT2D eigenvalue weighted by atomic mass is 15.0. The predicted octanol–water partition coefficient (Wildman–Crippen LogP) is 1.22. The molecule has 0 saturated heterocycles. The lowest BCUT2D eigenvalue weighted by molar-refractivity contribution is 0.388. The fourth-order valence-corrected chi connectivity index (χ4v) is 1.79. The van der Waals surface area contributed by atoms with Crippen LogP contribution in [-0.2, 0) is 0 Å². The fraction of sp³-hybridized carbons (Fsp3) is 0.875. The molecule has 2 atom stereocenters. The first kappa shape index (κ1) is 7.73. The zero-order valence-electron chi connectivity index (χ0n) is 6.85. The van der Waals surface area contributed by atoms with Crippen molar-refractivity contribution >= 4 is 6.72 Å². The van der Waals surface area contributed by atoms with Crippen LogP contribution in [0.4, 0.5) is 0 Å². The molecule has 1 rings (SSSR count). The van der Waals surface area contributed by atoms with Crippen molar-refractivity contribution in [3.8, 4) is 0 Å². The lowest BCUT2D eigenvalue weighted by atomic mass is 9.97. The minimum atomic E-state index is 0.106. The van der Waals surface area contributed by atoms with E-state index in [0.29, 0.717) is 6.04 Å². The van der Waals surface area contributed by atoms with Gasteiger partial charge in [-0.15, -0.1) is 0 Å². The van der Waals surface area contributed by atoms with Crippen molar-refractivity contribution in [2.75, 3.05) is 7.05 Å². The minimum Gasteiger partial charge on any atom is -0.315 e. The maximum absolute atomic E-state index is 4.16. The highest BCUT2D eigenvalue weighted by Gasteiger charge is 2.36. The maximum atomic E-state index is 4.16. The number of aliphatic imine (C=N–C) groups is 1. The standard InChI is InChI=1S/C8H16N2/c1-8(10-3)6-4-5-7(8)9-2/h7,9H,3-6H2,1-2H3. The van der Waals surface area contributed by atoms with Crippen molar-refractivity contribution in [1.82, 2.24) is 5.32 Å². The highest BCUT2D eigenvalue weighted by molar-refractivity contribution is 5.27. The van der Waals surface area contributed by atoms with Crippen molar-refractivity contribution in [3.05, 3.63) is 0 Å². The Morgan fingerprint density at radius 2 is 2.40 bits per heavy atom. The van der Waals surface area contributed by atoms with Crippen LogP contribution in [0.2, 0.25) is 0 Å². The molecule has 0 aromatic rings. The lowest BCUT2D eigenvalue weighted by Gasteiger charge is -2.26. The summed E-state index contributed by atoms with van der Waals surface area (Å²) in [5, 5.41) is 3.27. The van der Waals surface area contributed by atoms with Crippen LogP contribution in [-0.4, -0.2) is 25.3 Å². The number of rotatable bonds is 2. The SMILES string of the molecule is C=NC1(C)CCCC1NC. The summed E-state index contributed by atoms with van der Waals surface area (Å²) in [4.78, 5) is 4.16. The third-order valence-corrected chi connectivity index (χ3v) is 2.64. The van der Waals surface area contributed by atoms with E-state index in [9.17, 15) is 0 Å². The van der Waals surface area contributed by atoms with E-state index in [2.05, 4.69) is 24.0 Å². The molecule has 0 bridgehead atoms. The summed E-state index contributed by atoms with van der Waals surface area (Å²) in [6, 6.07) is 0.546. The molecule has 1 aliphatic carbocycles. The molecule has 2 nitrogen and oxygen atoms in total. The van der Waals surface area contributed by atoms with Gasteiger partial charge in [-0.1, -0.05) is 0 Å². The second kappa shape index (κ2) is 2.70. The van der Waals surface area contributed by atoms with Crippen LogP contribution < -0.4 is 5.32 Å². The Morgan fingerprint density at radius 3 is 2.80 bits per heavy atom. The van der Waals surface area contributed by atoms with E-state index < -0.39 is 0 Å². The molecule has 0 aliphatic heterocycles. The Hall–Kier alpha value is -0.370. The van der Waals surface area contributed by atoms with Crippen molar-refractivity contribution in [1.29, 1.82) is 0 Å². The van der Waals surface area contributed by atoms with E-state index in [1.54, 1.807) is 0 Å². The maximum Gasteiger partial charge on any atom is 0.0725 e. The summed E-state index contributed by atoms with van der Waals surface area (Å²) in [6.07, 6.45) is 3.70. The molecule has 58 valence electrons. The third kappa shape index (κ3) is 1.08. The van der Waals surface area contributed by atoms with Gasteiger partial charge in [0.2, 0.25) is 0 Å². The highest BCUT2D eigenvalue weighted by Crippen LogP contribution is 2.32. The van der Waals surface area contributed by atoms with Gasteiger partial charge in [-0.25, -0.2) is 0 Å². The number of hydrogen-bond acceptors (Lipinski definition) is 2. The van der Waals surface area contributed by atoms with Crippen LogP contribution >= 0.6 is 0 Å². The quantitative estimate of drug-likeness (QED) is 0.573. The van der Waals surface area contributed by atoms with Gasteiger partial charge in [0.1, 0.15) is 0 Å². The van der Waals surface area contributed by atoms with Crippen LogP contribution in [0, 0.1) is 0 Å². The molecule has 10 heavy (non-hydrogen) atoms. The Bertz CT molecular complexity index is 133. The number of nitrogens with one attached hydrogen (secondary N) is 1. The molecule has 0 spiro atoms. The Morgan fingerprint density at radius 1 is 1.70 bits per heavy atom. The molecule has 0 aromatic carbocycles. The summed E-state index contributed by atoms with van der Waals surface area (Å²) in [6.45, 7) is 5.80. The van der Waals surface area contributed by atoms with Gasteiger partial charge in [0.05, 0.1) is 5.54 Å². The summed E-state index contributed by atoms with van der Waals surface area (Å²) in [5.41, 5.74) is 0.106. The van der Waals surface area contributed by atoms with Gasteiger partial charge in [0, 0.05) is 6.04 Å². The smallest absolute Gasteiger partial charge is 0.0725 e. The van der Waals surface area contributed by atoms with Gasteiger partial charge >= 0.3 is 0 Å². The van der Waals surface area contributed by atoms with Crippen LogP contribution in [0.5, 0.6) is 0 Å². The lowest BCUT2D eigenvalue weighted by Crippen LogP contribution is -2.41. The van der Waals surface area contributed by atoms with Gasteiger partial charge in [-0.2, -0.15) is 0 Å².